The van der Waals surface area contributed by atoms with Crippen molar-refractivity contribution in [2.75, 3.05) is 5.75 Å². The first-order valence-corrected chi connectivity index (χ1v) is 5.02. The Bertz CT molecular complexity index is 214. The summed E-state index contributed by atoms with van der Waals surface area (Å²) in [6.07, 6.45) is 2.90. The van der Waals surface area contributed by atoms with Crippen LogP contribution in [0.4, 0.5) is 0 Å². The smallest absolute Gasteiger partial charge is 0.00782 e. The summed E-state index contributed by atoms with van der Waals surface area (Å²) < 4.78 is 0. The molecule has 0 aromatic heterocycles. The van der Waals surface area contributed by atoms with Crippen molar-refractivity contribution in [3.63, 3.8) is 0 Å². The summed E-state index contributed by atoms with van der Waals surface area (Å²) in [5.41, 5.74) is 0. The van der Waals surface area contributed by atoms with Gasteiger partial charge in [-0.1, -0.05) is 12.1 Å². The van der Waals surface area contributed by atoms with E-state index in [0.717, 1.165) is 5.92 Å². The van der Waals surface area contributed by atoms with Gasteiger partial charge in [-0.25, -0.2) is 0 Å². The van der Waals surface area contributed by atoms with E-state index < -0.39 is 0 Å². The Labute approximate surface area is 72.0 Å². The van der Waals surface area contributed by atoms with Crippen molar-refractivity contribution in [2.45, 2.75) is 17.7 Å². The number of hydrogen-bond donors (Lipinski definition) is 0. The third-order valence-corrected chi connectivity index (χ3v) is 3.09. The van der Waals surface area contributed by atoms with Crippen LogP contribution >= 0.6 is 11.8 Å². The van der Waals surface area contributed by atoms with Crippen molar-refractivity contribution < 1.29 is 0 Å². The van der Waals surface area contributed by atoms with E-state index in [1.165, 1.54) is 23.5 Å². The summed E-state index contributed by atoms with van der Waals surface area (Å²) in [4.78, 5) is 1.36. The lowest BCUT2D eigenvalue weighted by atomic mass is 10.4. The summed E-state index contributed by atoms with van der Waals surface area (Å²) >= 11 is 1.96. The lowest BCUT2D eigenvalue weighted by Crippen LogP contribution is -1.79. The van der Waals surface area contributed by atoms with Crippen molar-refractivity contribution in [3.8, 4) is 0 Å². The van der Waals surface area contributed by atoms with Gasteiger partial charge in [-0.3, -0.25) is 0 Å². The maximum atomic E-state index is 3.08. The zero-order valence-corrected chi connectivity index (χ0v) is 7.23. The van der Waals surface area contributed by atoms with Crippen molar-refractivity contribution in [1.82, 2.24) is 0 Å². The Kier molecular flexibility index (Phi) is 2.18. The van der Waals surface area contributed by atoms with E-state index in [1.54, 1.807) is 0 Å². The summed E-state index contributed by atoms with van der Waals surface area (Å²) in [5.74, 6) is 2.32. The molecule has 1 saturated carbocycles. The molecule has 57 valence electrons. The molecule has 2 rings (SSSR count). The molecule has 0 saturated heterocycles. The quantitative estimate of drug-likeness (QED) is 0.617. The van der Waals surface area contributed by atoms with Crippen LogP contribution in [0.3, 0.4) is 0 Å². The SMILES string of the molecule is [c]1cccc(SCC2CC2)c1. The summed E-state index contributed by atoms with van der Waals surface area (Å²) in [7, 11) is 0. The fourth-order valence-electron chi connectivity index (χ4n) is 0.965. The van der Waals surface area contributed by atoms with Crippen molar-refractivity contribution in [2.24, 2.45) is 5.92 Å². The third kappa shape index (κ3) is 2.26. The first kappa shape index (κ1) is 7.23. The minimum atomic E-state index is 1.01. The Morgan fingerprint density at radius 2 is 2.45 bits per heavy atom. The molecule has 0 amide bonds. The zero-order valence-electron chi connectivity index (χ0n) is 6.42. The van der Waals surface area contributed by atoms with Gasteiger partial charge in [-0.15, -0.1) is 11.8 Å². The molecule has 0 atom stereocenters. The van der Waals surface area contributed by atoms with E-state index in [0.29, 0.717) is 0 Å². The third-order valence-electron chi connectivity index (χ3n) is 1.86. The zero-order chi connectivity index (χ0) is 7.52. The number of hydrogen-bond acceptors (Lipinski definition) is 1. The van der Waals surface area contributed by atoms with Gasteiger partial charge in [0.05, 0.1) is 0 Å². The van der Waals surface area contributed by atoms with E-state index in [2.05, 4.69) is 24.3 Å². The Hall–Kier alpha value is -0.430. The standard InChI is InChI=1S/C10H11S/c1-2-4-10(5-3-1)11-8-9-6-7-9/h1-2,4-5,9H,6-8H2. The van der Waals surface area contributed by atoms with Crippen LogP contribution in [0, 0.1) is 12.0 Å². The van der Waals surface area contributed by atoms with Crippen molar-refractivity contribution in [3.05, 3.63) is 30.3 Å². The number of benzene rings is 1. The maximum Gasteiger partial charge on any atom is 0.00782 e. The first-order chi connectivity index (χ1) is 5.45. The highest BCUT2D eigenvalue weighted by molar-refractivity contribution is 7.99. The molecule has 1 aliphatic carbocycles. The van der Waals surface area contributed by atoms with Gasteiger partial charge in [0.15, 0.2) is 0 Å². The van der Waals surface area contributed by atoms with E-state index in [1.807, 2.05) is 17.8 Å². The highest BCUT2D eigenvalue weighted by Gasteiger charge is 2.20. The van der Waals surface area contributed by atoms with Crippen molar-refractivity contribution in [1.29, 1.82) is 0 Å². The fourth-order valence-corrected chi connectivity index (χ4v) is 2.05. The normalized spacial score (nSPS) is 16.7. The molecule has 0 nitrogen and oxygen atoms in total. The lowest BCUT2D eigenvalue weighted by molar-refractivity contribution is 1.000. The number of rotatable bonds is 3. The highest BCUT2D eigenvalue weighted by atomic mass is 32.2. The van der Waals surface area contributed by atoms with E-state index in [-0.39, 0.29) is 0 Å². The molecular weight excluding hydrogens is 152 g/mol. The maximum absolute atomic E-state index is 3.08. The van der Waals surface area contributed by atoms with Gasteiger partial charge in [-0.05, 0) is 37.0 Å². The summed E-state index contributed by atoms with van der Waals surface area (Å²) in [6.45, 7) is 0. The van der Waals surface area contributed by atoms with Crippen LogP contribution in [0.25, 0.3) is 0 Å². The van der Waals surface area contributed by atoms with Gasteiger partial charge in [0.2, 0.25) is 0 Å². The van der Waals surface area contributed by atoms with Gasteiger partial charge in [0.25, 0.3) is 0 Å². The molecule has 11 heavy (non-hydrogen) atoms. The predicted octanol–water partition coefficient (Wildman–Crippen LogP) is 2.99. The molecule has 1 fully saturated rings. The van der Waals surface area contributed by atoms with Crippen LogP contribution in [0.1, 0.15) is 12.8 Å². The van der Waals surface area contributed by atoms with E-state index >= 15 is 0 Å². The Morgan fingerprint density at radius 1 is 1.55 bits per heavy atom. The largest absolute Gasteiger partial charge is 0.126 e. The van der Waals surface area contributed by atoms with Crippen LogP contribution in [-0.2, 0) is 0 Å². The molecule has 1 radical (unpaired) electrons. The molecule has 0 spiro atoms. The topological polar surface area (TPSA) is 0 Å². The van der Waals surface area contributed by atoms with E-state index in [9.17, 15) is 0 Å². The first-order valence-electron chi connectivity index (χ1n) is 4.04. The van der Waals surface area contributed by atoms with Crippen molar-refractivity contribution >= 4 is 11.8 Å². The molecule has 1 aromatic rings. The van der Waals surface area contributed by atoms with Gasteiger partial charge in [0, 0.05) is 10.6 Å². The molecule has 0 N–H and O–H groups in total. The molecular formula is C10H11S. The minimum absolute atomic E-state index is 1.01. The summed E-state index contributed by atoms with van der Waals surface area (Å²) in [5, 5.41) is 0. The molecule has 0 unspecified atom stereocenters. The number of thioether (sulfide) groups is 1. The second-order valence-electron chi connectivity index (χ2n) is 2.99. The molecule has 1 heteroatoms. The monoisotopic (exact) mass is 163 g/mol. The Morgan fingerprint density at radius 3 is 3.09 bits per heavy atom. The van der Waals surface area contributed by atoms with Crippen LogP contribution in [-0.4, -0.2) is 5.75 Å². The second-order valence-corrected chi connectivity index (χ2v) is 4.09. The lowest BCUT2D eigenvalue weighted by Gasteiger charge is -1.97. The molecule has 0 bridgehead atoms. The average Bonchev–Trinajstić information content (AvgIpc) is 2.86. The van der Waals surface area contributed by atoms with Gasteiger partial charge in [-0.2, -0.15) is 0 Å². The highest BCUT2D eigenvalue weighted by Crippen LogP contribution is 2.34. The van der Waals surface area contributed by atoms with Crippen LogP contribution < -0.4 is 0 Å². The van der Waals surface area contributed by atoms with Crippen LogP contribution in [0.15, 0.2) is 29.2 Å². The molecule has 0 aliphatic heterocycles. The second kappa shape index (κ2) is 3.31. The van der Waals surface area contributed by atoms with Crippen LogP contribution in [0.5, 0.6) is 0 Å². The average molecular weight is 163 g/mol. The molecule has 0 heterocycles. The minimum Gasteiger partial charge on any atom is -0.126 e. The van der Waals surface area contributed by atoms with Crippen LogP contribution in [0.2, 0.25) is 0 Å². The van der Waals surface area contributed by atoms with Gasteiger partial charge < -0.3 is 0 Å². The predicted molar refractivity (Wildman–Crippen MR) is 48.7 cm³/mol. The van der Waals surface area contributed by atoms with Gasteiger partial charge in [0.1, 0.15) is 0 Å². The molecule has 1 aromatic carbocycles. The van der Waals surface area contributed by atoms with Gasteiger partial charge >= 0.3 is 0 Å². The summed E-state index contributed by atoms with van der Waals surface area (Å²) in [6, 6.07) is 11.3. The van der Waals surface area contributed by atoms with E-state index in [4.69, 9.17) is 0 Å². The molecule has 1 aliphatic rings. The Balaban J connectivity index is 1.85. The fraction of sp³-hybridized carbons (Fsp3) is 0.400.